The third-order valence-electron chi connectivity index (χ3n) is 4.51. The number of amides is 1. The summed E-state index contributed by atoms with van der Waals surface area (Å²) in [5.74, 6) is -0.0259. The predicted octanol–water partition coefficient (Wildman–Crippen LogP) is 3.15. The van der Waals surface area contributed by atoms with Crippen molar-refractivity contribution >= 4 is 21.4 Å². The summed E-state index contributed by atoms with van der Waals surface area (Å²) in [5.41, 5.74) is 1.19. The summed E-state index contributed by atoms with van der Waals surface area (Å²) < 4.78 is 23.0. The highest BCUT2D eigenvalue weighted by Gasteiger charge is 2.45. The van der Waals surface area contributed by atoms with Crippen LogP contribution in [0, 0.1) is 0 Å². The van der Waals surface area contributed by atoms with E-state index in [-0.39, 0.29) is 10.8 Å². The number of rotatable bonds is 4. The lowest BCUT2D eigenvalue weighted by molar-refractivity contribution is -0.124. The Bertz CT molecular complexity index is 807. The fourth-order valence-corrected chi connectivity index (χ4v) is 3.60. The molecule has 4 nitrogen and oxygen atoms in total. The third kappa shape index (κ3) is 3.01. The van der Waals surface area contributed by atoms with Crippen LogP contribution in [0.3, 0.4) is 0 Å². The van der Waals surface area contributed by atoms with Crippen LogP contribution in [0.2, 0.25) is 0 Å². The Hall–Kier alpha value is -2.14. The van der Waals surface area contributed by atoms with Crippen molar-refractivity contribution in [1.82, 2.24) is 0 Å². The number of hydrogen-bond donors (Lipinski definition) is 1. The van der Waals surface area contributed by atoms with Crippen molar-refractivity contribution in [2.75, 3.05) is 11.6 Å². The van der Waals surface area contributed by atoms with E-state index in [1.165, 1.54) is 18.4 Å². The minimum atomic E-state index is -3.23. The zero-order valence-electron chi connectivity index (χ0n) is 13.0. The molecule has 23 heavy (non-hydrogen) atoms. The van der Waals surface area contributed by atoms with Gasteiger partial charge in [-0.2, -0.15) is 0 Å². The largest absolute Gasteiger partial charge is 0.325 e. The first-order chi connectivity index (χ1) is 10.9. The van der Waals surface area contributed by atoms with E-state index in [4.69, 9.17) is 0 Å². The highest BCUT2D eigenvalue weighted by Crippen LogP contribution is 2.44. The van der Waals surface area contributed by atoms with E-state index in [9.17, 15) is 13.2 Å². The molecule has 0 aliphatic heterocycles. The van der Waals surface area contributed by atoms with Crippen LogP contribution in [0.1, 0.15) is 24.8 Å². The van der Waals surface area contributed by atoms with Gasteiger partial charge in [-0.15, -0.1) is 0 Å². The summed E-state index contributed by atoms with van der Waals surface area (Å²) >= 11 is 0. The molecule has 1 amide bonds. The van der Waals surface area contributed by atoms with Crippen LogP contribution >= 0.6 is 0 Å². The van der Waals surface area contributed by atoms with Crippen LogP contribution in [0.5, 0.6) is 0 Å². The second kappa shape index (κ2) is 5.81. The molecular formula is C18H19NO3S. The van der Waals surface area contributed by atoms with Crippen molar-refractivity contribution in [3.63, 3.8) is 0 Å². The van der Waals surface area contributed by atoms with Crippen LogP contribution in [-0.4, -0.2) is 20.6 Å². The summed E-state index contributed by atoms with van der Waals surface area (Å²) in [6.07, 6.45) is 3.88. The Morgan fingerprint density at radius 1 is 1.00 bits per heavy atom. The minimum absolute atomic E-state index is 0.0259. The topological polar surface area (TPSA) is 63.2 Å². The van der Waals surface area contributed by atoms with E-state index in [1.807, 2.05) is 30.3 Å². The number of carbonyl (C=O) groups excluding carboxylic acids is 1. The Kier molecular flexibility index (Phi) is 3.98. The van der Waals surface area contributed by atoms with Gasteiger partial charge in [-0.05, 0) is 42.7 Å². The molecule has 1 aliphatic carbocycles. The van der Waals surface area contributed by atoms with Crippen LogP contribution in [-0.2, 0) is 20.0 Å². The summed E-state index contributed by atoms with van der Waals surface area (Å²) in [6, 6.07) is 16.1. The fraction of sp³-hybridized carbons (Fsp3) is 0.278. The average Bonchev–Trinajstić information content (AvgIpc) is 2.47. The first-order valence-electron chi connectivity index (χ1n) is 7.59. The standard InChI is InChI=1S/C18H19NO3S/c1-23(21,22)16-10-8-15(9-11-16)19-17(20)18(12-5-13-18)14-6-3-2-4-7-14/h2-4,6-11H,5,12-13H2,1H3,(H,19,20). The summed E-state index contributed by atoms with van der Waals surface area (Å²) in [6.45, 7) is 0. The molecule has 0 radical (unpaired) electrons. The molecule has 3 rings (SSSR count). The number of hydrogen-bond acceptors (Lipinski definition) is 3. The molecule has 0 saturated heterocycles. The number of anilines is 1. The maximum absolute atomic E-state index is 12.8. The van der Waals surface area contributed by atoms with Gasteiger partial charge < -0.3 is 5.32 Å². The lowest BCUT2D eigenvalue weighted by atomic mass is 9.64. The number of carbonyl (C=O) groups is 1. The summed E-state index contributed by atoms with van der Waals surface area (Å²) in [4.78, 5) is 13.0. The zero-order valence-corrected chi connectivity index (χ0v) is 13.8. The second-order valence-electron chi connectivity index (χ2n) is 6.05. The van der Waals surface area contributed by atoms with Gasteiger partial charge in [0.2, 0.25) is 5.91 Å². The molecule has 0 atom stereocenters. The van der Waals surface area contributed by atoms with Gasteiger partial charge in [-0.25, -0.2) is 8.42 Å². The average molecular weight is 329 g/mol. The van der Waals surface area contributed by atoms with Crippen molar-refractivity contribution in [3.8, 4) is 0 Å². The van der Waals surface area contributed by atoms with Crippen LogP contribution < -0.4 is 5.32 Å². The highest BCUT2D eigenvalue weighted by molar-refractivity contribution is 7.90. The maximum Gasteiger partial charge on any atom is 0.235 e. The summed E-state index contributed by atoms with van der Waals surface area (Å²) in [7, 11) is -3.23. The van der Waals surface area contributed by atoms with Gasteiger partial charge in [0.25, 0.3) is 0 Å². The third-order valence-corrected chi connectivity index (χ3v) is 5.64. The fourth-order valence-electron chi connectivity index (χ4n) is 2.97. The Labute approximate surface area is 136 Å². The minimum Gasteiger partial charge on any atom is -0.325 e. The molecule has 1 aliphatic rings. The van der Waals surface area contributed by atoms with Crippen molar-refractivity contribution in [3.05, 3.63) is 60.2 Å². The molecule has 2 aromatic carbocycles. The molecule has 1 saturated carbocycles. The Morgan fingerprint density at radius 3 is 2.09 bits per heavy atom. The monoisotopic (exact) mass is 329 g/mol. The molecule has 0 aromatic heterocycles. The molecular weight excluding hydrogens is 310 g/mol. The van der Waals surface area contributed by atoms with Gasteiger partial charge in [0.1, 0.15) is 0 Å². The molecule has 2 aromatic rings. The van der Waals surface area contributed by atoms with Gasteiger partial charge in [0.05, 0.1) is 10.3 Å². The van der Waals surface area contributed by atoms with E-state index in [0.29, 0.717) is 5.69 Å². The van der Waals surface area contributed by atoms with E-state index in [0.717, 1.165) is 24.8 Å². The zero-order chi connectivity index (χ0) is 16.5. The van der Waals surface area contributed by atoms with E-state index in [2.05, 4.69) is 5.32 Å². The highest BCUT2D eigenvalue weighted by atomic mass is 32.2. The first-order valence-corrected chi connectivity index (χ1v) is 9.48. The molecule has 0 unspecified atom stereocenters. The Morgan fingerprint density at radius 2 is 1.61 bits per heavy atom. The maximum atomic E-state index is 12.8. The molecule has 0 spiro atoms. The van der Waals surface area contributed by atoms with Gasteiger partial charge >= 0.3 is 0 Å². The number of nitrogens with one attached hydrogen (secondary N) is 1. The number of benzene rings is 2. The van der Waals surface area contributed by atoms with E-state index < -0.39 is 15.3 Å². The summed E-state index contributed by atoms with van der Waals surface area (Å²) in [5, 5.41) is 2.93. The van der Waals surface area contributed by atoms with Crippen LogP contribution in [0.25, 0.3) is 0 Å². The van der Waals surface area contributed by atoms with Gasteiger partial charge in [0.15, 0.2) is 9.84 Å². The molecule has 120 valence electrons. The molecule has 1 N–H and O–H groups in total. The van der Waals surface area contributed by atoms with Crippen molar-refractivity contribution < 1.29 is 13.2 Å². The van der Waals surface area contributed by atoms with E-state index in [1.54, 1.807) is 12.1 Å². The first kappa shape index (κ1) is 15.7. The van der Waals surface area contributed by atoms with Crippen molar-refractivity contribution in [2.45, 2.75) is 29.6 Å². The van der Waals surface area contributed by atoms with Crippen molar-refractivity contribution in [1.29, 1.82) is 0 Å². The molecule has 1 fully saturated rings. The van der Waals surface area contributed by atoms with Gasteiger partial charge in [0, 0.05) is 11.9 Å². The SMILES string of the molecule is CS(=O)(=O)c1ccc(NC(=O)C2(c3ccccc3)CCC2)cc1. The molecule has 5 heteroatoms. The van der Waals surface area contributed by atoms with Crippen LogP contribution in [0.15, 0.2) is 59.5 Å². The quantitative estimate of drug-likeness (QED) is 0.937. The van der Waals surface area contributed by atoms with Crippen molar-refractivity contribution in [2.24, 2.45) is 0 Å². The van der Waals surface area contributed by atoms with Gasteiger partial charge in [-0.3, -0.25) is 4.79 Å². The van der Waals surface area contributed by atoms with E-state index >= 15 is 0 Å². The molecule has 0 bridgehead atoms. The smallest absolute Gasteiger partial charge is 0.235 e. The second-order valence-corrected chi connectivity index (χ2v) is 8.07. The Balaban J connectivity index is 1.81. The normalized spacial score (nSPS) is 16.4. The predicted molar refractivity (Wildman–Crippen MR) is 90.2 cm³/mol. The number of sulfone groups is 1. The lowest BCUT2D eigenvalue weighted by Gasteiger charge is -2.40. The lowest BCUT2D eigenvalue weighted by Crippen LogP contribution is -2.45. The van der Waals surface area contributed by atoms with Crippen LogP contribution in [0.4, 0.5) is 5.69 Å². The molecule has 0 heterocycles. The van der Waals surface area contributed by atoms with Gasteiger partial charge in [-0.1, -0.05) is 36.8 Å².